The van der Waals surface area contributed by atoms with E-state index >= 15 is 0 Å². The minimum Gasteiger partial charge on any atom is -0.489 e. The predicted molar refractivity (Wildman–Crippen MR) is 68.3 cm³/mol. The van der Waals surface area contributed by atoms with Gasteiger partial charge in [0.2, 0.25) is 0 Å². The van der Waals surface area contributed by atoms with Gasteiger partial charge >= 0.3 is 0 Å². The zero-order valence-corrected chi connectivity index (χ0v) is 10.6. The molecule has 0 aliphatic heterocycles. The summed E-state index contributed by atoms with van der Waals surface area (Å²) < 4.78 is 6.70. The molecule has 0 radical (unpaired) electrons. The summed E-state index contributed by atoms with van der Waals surface area (Å²) in [6.45, 7) is 0. The van der Waals surface area contributed by atoms with Crippen molar-refractivity contribution in [1.29, 1.82) is 0 Å². The Balaban J connectivity index is 2.14. The van der Waals surface area contributed by atoms with Crippen LogP contribution in [0.5, 0.6) is 5.75 Å². The number of nitrogens with two attached hydrogens (primary N) is 1. The number of hydrogen-bond acceptors (Lipinski definition) is 2. The van der Waals surface area contributed by atoms with Crippen LogP contribution in [0.15, 0.2) is 22.7 Å². The summed E-state index contributed by atoms with van der Waals surface area (Å²) in [6, 6.07) is 5.70. The zero-order valence-electron chi connectivity index (χ0n) is 8.20. The molecule has 0 aromatic heterocycles. The van der Waals surface area contributed by atoms with E-state index in [0.29, 0.717) is 11.1 Å². The largest absolute Gasteiger partial charge is 0.489 e. The molecule has 4 heteroatoms. The molecule has 0 heterocycles. The maximum absolute atomic E-state index is 5.78. The van der Waals surface area contributed by atoms with Crippen LogP contribution >= 0.6 is 28.1 Å². The predicted octanol–water partition coefficient (Wildman–Crippen LogP) is 3.01. The molecular formula is C11H12BrNOS. The van der Waals surface area contributed by atoms with Crippen molar-refractivity contribution in [3.8, 4) is 5.75 Å². The molecule has 1 aliphatic carbocycles. The topological polar surface area (TPSA) is 35.2 Å². The molecule has 1 saturated carbocycles. The third kappa shape index (κ3) is 2.49. The van der Waals surface area contributed by atoms with E-state index < -0.39 is 0 Å². The van der Waals surface area contributed by atoms with Crippen LogP contribution in [0.25, 0.3) is 0 Å². The summed E-state index contributed by atoms with van der Waals surface area (Å²) in [6.07, 6.45) is 3.97. The van der Waals surface area contributed by atoms with Crippen molar-refractivity contribution in [3.63, 3.8) is 0 Å². The highest BCUT2D eigenvalue weighted by Gasteiger charge is 2.20. The Morgan fingerprint density at radius 2 is 2.20 bits per heavy atom. The van der Waals surface area contributed by atoms with Crippen molar-refractivity contribution in [2.75, 3.05) is 0 Å². The van der Waals surface area contributed by atoms with Crippen molar-refractivity contribution in [2.45, 2.75) is 25.4 Å². The number of hydrogen-bond donors (Lipinski definition) is 1. The van der Waals surface area contributed by atoms with Crippen LogP contribution in [-0.2, 0) is 0 Å². The van der Waals surface area contributed by atoms with Gasteiger partial charge in [0.25, 0.3) is 0 Å². The summed E-state index contributed by atoms with van der Waals surface area (Å²) in [5.74, 6) is 0.875. The van der Waals surface area contributed by atoms with E-state index in [1.165, 1.54) is 6.42 Å². The van der Waals surface area contributed by atoms with E-state index in [1.807, 2.05) is 18.2 Å². The number of halogens is 1. The summed E-state index contributed by atoms with van der Waals surface area (Å²) >= 11 is 8.36. The van der Waals surface area contributed by atoms with Crippen molar-refractivity contribution < 1.29 is 4.74 Å². The van der Waals surface area contributed by atoms with Crippen LogP contribution in [0.1, 0.15) is 24.8 Å². The molecule has 2 N–H and O–H groups in total. The van der Waals surface area contributed by atoms with E-state index in [-0.39, 0.29) is 0 Å². The Kier molecular flexibility index (Phi) is 3.26. The van der Waals surface area contributed by atoms with Gasteiger partial charge in [0.1, 0.15) is 10.7 Å². The first-order valence-corrected chi connectivity index (χ1v) is 6.13. The molecule has 1 aromatic rings. The van der Waals surface area contributed by atoms with Crippen molar-refractivity contribution in [1.82, 2.24) is 0 Å². The summed E-state index contributed by atoms with van der Waals surface area (Å²) in [7, 11) is 0. The van der Waals surface area contributed by atoms with E-state index in [9.17, 15) is 0 Å². The van der Waals surface area contributed by atoms with E-state index in [2.05, 4.69) is 15.9 Å². The molecule has 1 fully saturated rings. The van der Waals surface area contributed by atoms with Gasteiger partial charge < -0.3 is 10.5 Å². The minimum atomic E-state index is 0.386. The van der Waals surface area contributed by atoms with Crippen LogP contribution in [0.4, 0.5) is 0 Å². The average molecular weight is 286 g/mol. The van der Waals surface area contributed by atoms with Crippen LogP contribution in [0.3, 0.4) is 0 Å². The lowest BCUT2D eigenvalue weighted by Crippen LogP contribution is -2.24. The number of thiocarbonyl (C=S) groups is 1. The minimum absolute atomic E-state index is 0.386. The maximum Gasteiger partial charge on any atom is 0.133 e. The highest BCUT2D eigenvalue weighted by atomic mass is 79.9. The normalized spacial score (nSPS) is 15.8. The van der Waals surface area contributed by atoms with Gasteiger partial charge in [-0.25, -0.2) is 0 Å². The van der Waals surface area contributed by atoms with Gasteiger partial charge in [0.15, 0.2) is 0 Å². The van der Waals surface area contributed by atoms with E-state index in [0.717, 1.165) is 28.6 Å². The molecular weight excluding hydrogens is 274 g/mol. The molecule has 15 heavy (non-hydrogen) atoms. The van der Waals surface area contributed by atoms with Crippen LogP contribution in [0.2, 0.25) is 0 Å². The van der Waals surface area contributed by atoms with Crippen LogP contribution in [-0.4, -0.2) is 11.1 Å². The molecule has 80 valence electrons. The molecule has 0 atom stereocenters. The van der Waals surface area contributed by atoms with Crippen molar-refractivity contribution in [3.05, 3.63) is 28.2 Å². The quantitative estimate of drug-likeness (QED) is 0.867. The Morgan fingerprint density at radius 3 is 2.67 bits per heavy atom. The number of rotatable bonds is 3. The van der Waals surface area contributed by atoms with E-state index in [4.69, 9.17) is 22.7 Å². The van der Waals surface area contributed by atoms with Gasteiger partial charge in [-0.2, -0.15) is 0 Å². The lowest BCUT2D eigenvalue weighted by atomic mass is 9.96. The molecule has 1 aromatic carbocycles. The molecule has 0 amide bonds. The van der Waals surface area contributed by atoms with Crippen LogP contribution < -0.4 is 10.5 Å². The molecule has 0 saturated heterocycles. The van der Waals surface area contributed by atoms with Gasteiger partial charge in [-0.15, -0.1) is 0 Å². The Labute approximate surface area is 103 Å². The second kappa shape index (κ2) is 4.49. The lowest BCUT2D eigenvalue weighted by Gasteiger charge is -2.26. The van der Waals surface area contributed by atoms with Gasteiger partial charge in [-0.3, -0.25) is 0 Å². The van der Waals surface area contributed by atoms with Gasteiger partial charge in [-0.05, 0) is 53.4 Å². The standard InChI is InChI=1S/C11H12BrNOS/c12-9-6-7(11(13)15)4-5-10(9)14-8-2-1-3-8/h4-6,8H,1-3H2,(H2,13,15). The fraction of sp³-hybridized carbons (Fsp3) is 0.364. The smallest absolute Gasteiger partial charge is 0.133 e. The number of benzene rings is 1. The first-order valence-electron chi connectivity index (χ1n) is 4.93. The molecule has 2 nitrogen and oxygen atoms in total. The first kappa shape index (κ1) is 10.9. The monoisotopic (exact) mass is 285 g/mol. The molecule has 0 unspecified atom stereocenters. The summed E-state index contributed by atoms with van der Waals surface area (Å²) in [5.41, 5.74) is 6.40. The van der Waals surface area contributed by atoms with Gasteiger partial charge in [0, 0.05) is 5.56 Å². The number of ether oxygens (including phenoxy) is 1. The molecule has 1 aliphatic rings. The Bertz CT molecular complexity index is 390. The first-order chi connectivity index (χ1) is 7.16. The third-order valence-corrected chi connectivity index (χ3v) is 3.42. The second-order valence-corrected chi connectivity index (χ2v) is 4.97. The molecule has 2 rings (SSSR count). The lowest BCUT2D eigenvalue weighted by molar-refractivity contribution is 0.119. The molecule has 0 bridgehead atoms. The van der Waals surface area contributed by atoms with E-state index in [1.54, 1.807) is 0 Å². The zero-order chi connectivity index (χ0) is 10.8. The average Bonchev–Trinajstić information content (AvgIpc) is 2.12. The molecule has 0 spiro atoms. The van der Waals surface area contributed by atoms with Gasteiger partial charge in [0.05, 0.1) is 10.6 Å². The highest BCUT2D eigenvalue weighted by Crippen LogP contribution is 2.31. The summed E-state index contributed by atoms with van der Waals surface area (Å²) in [5, 5.41) is 0. The Morgan fingerprint density at radius 1 is 1.47 bits per heavy atom. The summed E-state index contributed by atoms with van der Waals surface area (Å²) in [4.78, 5) is 0.408. The highest BCUT2D eigenvalue weighted by molar-refractivity contribution is 9.10. The SMILES string of the molecule is NC(=S)c1ccc(OC2CCC2)c(Br)c1. The van der Waals surface area contributed by atoms with Crippen molar-refractivity contribution in [2.24, 2.45) is 5.73 Å². The van der Waals surface area contributed by atoms with Crippen molar-refractivity contribution >= 4 is 33.1 Å². The Hall–Kier alpha value is -0.610. The maximum atomic E-state index is 5.78. The second-order valence-electron chi connectivity index (χ2n) is 3.68. The van der Waals surface area contributed by atoms with Crippen LogP contribution in [0, 0.1) is 0 Å². The fourth-order valence-corrected chi connectivity index (χ4v) is 2.02. The fourth-order valence-electron chi connectivity index (χ4n) is 1.42. The van der Waals surface area contributed by atoms with Gasteiger partial charge in [-0.1, -0.05) is 12.2 Å². The third-order valence-electron chi connectivity index (χ3n) is 2.56.